The summed E-state index contributed by atoms with van der Waals surface area (Å²) in [6, 6.07) is 20.5. The van der Waals surface area contributed by atoms with Crippen LogP contribution in [0.15, 0.2) is 73.1 Å². The Kier molecular flexibility index (Phi) is 5.29. The van der Waals surface area contributed by atoms with E-state index in [1.165, 1.54) is 12.4 Å². The molecule has 2 atom stereocenters. The number of rotatable bonds is 5. The van der Waals surface area contributed by atoms with Crippen LogP contribution in [-0.4, -0.2) is 34.1 Å². The quantitative estimate of drug-likeness (QED) is 0.369. The number of amides is 1. The van der Waals surface area contributed by atoms with Gasteiger partial charge in [-0.3, -0.25) is 0 Å². The molecular formula is C27H22ClFN4O2. The number of hydrogen-bond donors (Lipinski definition) is 1. The van der Waals surface area contributed by atoms with Crippen molar-refractivity contribution in [3.8, 4) is 0 Å². The first kappa shape index (κ1) is 21.8. The van der Waals surface area contributed by atoms with Crippen molar-refractivity contribution in [3.05, 3.63) is 95.0 Å². The molecule has 3 aromatic carbocycles. The summed E-state index contributed by atoms with van der Waals surface area (Å²) in [5.74, 6) is 0.359. The van der Waals surface area contributed by atoms with Crippen molar-refractivity contribution in [1.82, 2.24) is 14.9 Å². The van der Waals surface area contributed by atoms with Gasteiger partial charge in [0, 0.05) is 23.9 Å². The summed E-state index contributed by atoms with van der Waals surface area (Å²) in [5, 5.41) is 3.89. The number of nitrogens with one attached hydrogen (secondary N) is 1. The number of carbonyl (C=O) groups is 1. The Bertz CT molecular complexity index is 1430. The lowest BCUT2D eigenvalue weighted by Gasteiger charge is -2.21. The molecule has 1 saturated heterocycles. The van der Waals surface area contributed by atoms with Crippen molar-refractivity contribution >= 4 is 40.1 Å². The van der Waals surface area contributed by atoms with Crippen LogP contribution in [0.3, 0.4) is 0 Å². The van der Waals surface area contributed by atoms with Crippen LogP contribution in [0.1, 0.15) is 17.5 Å². The van der Waals surface area contributed by atoms with Crippen LogP contribution in [0.4, 0.5) is 20.7 Å². The van der Waals surface area contributed by atoms with Gasteiger partial charge in [-0.2, -0.15) is 0 Å². The van der Waals surface area contributed by atoms with Gasteiger partial charge in [0.1, 0.15) is 18.8 Å². The molecule has 1 amide bonds. The van der Waals surface area contributed by atoms with E-state index in [1.807, 2.05) is 36.4 Å². The van der Waals surface area contributed by atoms with Gasteiger partial charge in [0.15, 0.2) is 5.82 Å². The summed E-state index contributed by atoms with van der Waals surface area (Å²) < 4.78 is 20.0. The van der Waals surface area contributed by atoms with Gasteiger partial charge in [-0.1, -0.05) is 54.1 Å². The molecule has 2 fully saturated rings. The number of carbonyl (C=O) groups excluding carboxylic acids is 1. The Morgan fingerprint density at radius 2 is 2.00 bits per heavy atom. The maximum atomic E-state index is 14.5. The van der Waals surface area contributed by atoms with Gasteiger partial charge in [-0.05, 0) is 47.7 Å². The van der Waals surface area contributed by atoms with Gasteiger partial charge in [0.2, 0.25) is 0 Å². The molecule has 1 saturated carbocycles. The highest BCUT2D eigenvalue weighted by molar-refractivity contribution is 6.31. The van der Waals surface area contributed by atoms with E-state index in [0.29, 0.717) is 24.8 Å². The van der Waals surface area contributed by atoms with Crippen LogP contribution in [0.5, 0.6) is 0 Å². The molecule has 8 heteroatoms. The number of halogens is 2. The summed E-state index contributed by atoms with van der Waals surface area (Å²) >= 11 is 5.94. The number of ether oxygens (including phenoxy) is 1. The van der Waals surface area contributed by atoms with E-state index in [9.17, 15) is 9.18 Å². The molecule has 2 aliphatic rings. The highest BCUT2D eigenvalue weighted by Crippen LogP contribution is 2.59. The Labute approximate surface area is 206 Å². The third-order valence-corrected chi connectivity index (χ3v) is 7.32. The van der Waals surface area contributed by atoms with Crippen LogP contribution >= 0.6 is 11.6 Å². The number of hydrogen-bond acceptors (Lipinski definition) is 5. The van der Waals surface area contributed by atoms with Crippen molar-refractivity contribution in [2.75, 3.05) is 18.4 Å². The maximum absolute atomic E-state index is 14.5. The second-order valence-electron chi connectivity index (χ2n) is 9.16. The number of fused-ring (bicyclic) bond motifs is 2. The lowest BCUT2D eigenvalue weighted by atomic mass is 9.93. The van der Waals surface area contributed by atoms with Crippen molar-refractivity contribution < 1.29 is 13.9 Å². The fraction of sp³-hybridized carbons (Fsp3) is 0.222. The fourth-order valence-electron chi connectivity index (χ4n) is 5.07. The predicted molar refractivity (Wildman–Crippen MR) is 132 cm³/mol. The highest BCUT2D eigenvalue weighted by atomic mass is 35.5. The molecule has 4 aromatic rings. The monoisotopic (exact) mass is 488 g/mol. The van der Waals surface area contributed by atoms with Crippen LogP contribution in [0.25, 0.3) is 10.9 Å². The van der Waals surface area contributed by atoms with Crippen LogP contribution in [0, 0.1) is 11.7 Å². The zero-order chi connectivity index (χ0) is 24.0. The zero-order valence-electron chi connectivity index (χ0n) is 18.7. The van der Waals surface area contributed by atoms with E-state index in [0.717, 1.165) is 28.5 Å². The molecule has 0 bridgehead atoms. The second-order valence-corrected chi connectivity index (χ2v) is 9.57. The Balaban J connectivity index is 1.23. The predicted octanol–water partition coefficient (Wildman–Crippen LogP) is 6.08. The Morgan fingerprint density at radius 1 is 1.14 bits per heavy atom. The van der Waals surface area contributed by atoms with Crippen LogP contribution < -0.4 is 5.32 Å². The minimum atomic E-state index is -0.529. The van der Waals surface area contributed by atoms with Gasteiger partial charge in [0.05, 0.1) is 16.2 Å². The van der Waals surface area contributed by atoms with E-state index >= 15 is 0 Å². The number of benzene rings is 3. The number of anilines is 2. The van der Waals surface area contributed by atoms with Crippen LogP contribution in [0.2, 0.25) is 5.02 Å². The summed E-state index contributed by atoms with van der Waals surface area (Å²) in [6.07, 6.45) is 2.18. The number of nitrogens with zero attached hydrogens (tertiary/aromatic N) is 3. The molecule has 6 nitrogen and oxygen atoms in total. The molecule has 2 heterocycles. The molecule has 6 rings (SSSR count). The Hall–Kier alpha value is -3.71. The summed E-state index contributed by atoms with van der Waals surface area (Å²) in [7, 11) is 0. The molecule has 1 aliphatic heterocycles. The Morgan fingerprint density at radius 3 is 2.86 bits per heavy atom. The van der Waals surface area contributed by atoms with E-state index in [1.54, 1.807) is 17.0 Å². The molecule has 1 aliphatic carbocycles. The van der Waals surface area contributed by atoms with Gasteiger partial charge >= 0.3 is 6.09 Å². The van der Waals surface area contributed by atoms with Crippen molar-refractivity contribution in [1.29, 1.82) is 0 Å². The van der Waals surface area contributed by atoms with Crippen molar-refractivity contribution in [2.24, 2.45) is 5.92 Å². The molecule has 0 radical (unpaired) electrons. The van der Waals surface area contributed by atoms with E-state index in [-0.39, 0.29) is 28.8 Å². The molecule has 35 heavy (non-hydrogen) atoms. The normalized spacial score (nSPS) is 20.5. The molecule has 2 unspecified atom stereocenters. The first-order valence-corrected chi connectivity index (χ1v) is 11.8. The summed E-state index contributed by atoms with van der Waals surface area (Å²) in [5.41, 5.74) is 2.98. The zero-order valence-corrected chi connectivity index (χ0v) is 19.5. The first-order chi connectivity index (χ1) is 17.0. The van der Waals surface area contributed by atoms with Gasteiger partial charge < -0.3 is 15.0 Å². The first-order valence-electron chi connectivity index (χ1n) is 11.5. The lowest BCUT2D eigenvalue weighted by molar-refractivity contribution is 0.0997. The third kappa shape index (κ3) is 3.96. The molecule has 0 spiro atoms. The van der Waals surface area contributed by atoms with Gasteiger partial charge in [-0.25, -0.2) is 19.2 Å². The van der Waals surface area contributed by atoms with Gasteiger partial charge in [0.25, 0.3) is 0 Å². The minimum absolute atomic E-state index is 0.0407. The molecule has 1 aromatic heterocycles. The molecular weight excluding hydrogens is 467 g/mol. The fourth-order valence-corrected chi connectivity index (χ4v) is 5.25. The third-order valence-electron chi connectivity index (χ3n) is 7.02. The minimum Gasteiger partial charge on any atom is -0.445 e. The largest absolute Gasteiger partial charge is 0.445 e. The lowest BCUT2D eigenvalue weighted by Crippen LogP contribution is -2.33. The number of likely N-dealkylation sites (tertiary alicyclic amines) is 1. The highest BCUT2D eigenvalue weighted by Gasteiger charge is 2.62. The number of aromatic nitrogens is 2. The molecule has 176 valence electrons. The summed E-state index contributed by atoms with van der Waals surface area (Å²) in [4.78, 5) is 23.2. The van der Waals surface area contributed by atoms with E-state index in [2.05, 4.69) is 27.4 Å². The standard InChI is InChI=1S/C27H22ClFN4O2/c28-21-7-4-8-23(24(21)29)32-25-20-11-18(9-10-22(20)30-16-31-25)27-12-19(27)13-33(15-27)26(34)35-14-17-5-2-1-3-6-17/h1-11,16,19H,12-15H2,(H,30,31,32). The van der Waals surface area contributed by atoms with Crippen LogP contribution in [-0.2, 0) is 16.8 Å². The average molecular weight is 489 g/mol. The second kappa shape index (κ2) is 8.50. The van der Waals surface area contributed by atoms with Gasteiger partial charge in [-0.15, -0.1) is 0 Å². The van der Waals surface area contributed by atoms with E-state index < -0.39 is 5.82 Å². The number of piperidine rings is 1. The van der Waals surface area contributed by atoms with Crippen molar-refractivity contribution in [3.63, 3.8) is 0 Å². The van der Waals surface area contributed by atoms with E-state index in [4.69, 9.17) is 16.3 Å². The van der Waals surface area contributed by atoms with Crippen molar-refractivity contribution in [2.45, 2.75) is 18.4 Å². The molecule has 1 N–H and O–H groups in total. The maximum Gasteiger partial charge on any atom is 0.410 e. The average Bonchev–Trinajstić information content (AvgIpc) is 3.46. The summed E-state index contributed by atoms with van der Waals surface area (Å²) in [6.45, 7) is 1.54. The SMILES string of the molecule is O=C(OCc1ccccc1)N1CC2CC2(c2ccc3ncnc(Nc4cccc(Cl)c4F)c3c2)C1. The topological polar surface area (TPSA) is 67.3 Å². The smallest absolute Gasteiger partial charge is 0.410 e.